The Bertz CT molecular complexity index is 1230. The van der Waals surface area contributed by atoms with Gasteiger partial charge in [0.05, 0.1) is 6.54 Å². The number of fused-ring (bicyclic) bond motifs is 1. The number of hydrogen-bond donors (Lipinski definition) is 1. The van der Waals surface area contributed by atoms with E-state index < -0.39 is 5.60 Å². The fourth-order valence-corrected chi connectivity index (χ4v) is 4.12. The van der Waals surface area contributed by atoms with Crippen LogP contribution in [-0.2, 0) is 24.2 Å². The summed E-state index contributed by atoms with van der Waals surface area (Å²) in [5.74, 6) is 0.281. The molecule has 2 aromatic carbocycles. The minimum Gasteiger partial charge on any atom is -0.444 e. The summed E-state index contributed by atoms with van der Waals surface area (Å²) in [4.78, 5) is 27.0. The number of nitrogens with one attached hydrogen (secondary N) is 1. The fourth-order valence-electron chi connectivity index (χ4n) is 3.90. The molecule has 0 unspecified atom stereocenters. The van der Waals surface area contributed by atoms with E-state index in [4.69, 9.17) is 16.3 Å². The zero-order valence-electron chi connectivity index (χ0n) is 19.9. The average Bonchev–Trinajstić information content (AvgIpc) is 3.10. The Balaban J connectivity index is 1.42. The van der Waals surface area contributed by atoms with Gasteiger partial charge >= 0.3 is 6.09 Å². The van der Waals surface area contributed by atoms with Crippen LogP contribution in [0.3, 0.4) is 0 Å². The van der Waals surface area contributed by atoms with E-state index in [2.05, 4.69) is 10.4 Å². The van der Waals surface area contributed by atoms with Gasteiger partial charge in [-0.3, -0.25) is 9.48 Å². The Morgan fingerprint density at radius 3 is 2.65 bits per heavy atom. The summed E-state index contributed by atoms with van der Waals surface area (Å²) in [5.41, 5.74) is 4.09. The van der Waals surface area contributed by atoms with E-state index in [1.165, 1.54) is 0 Å². The molecular weight excluding hydrogens is 452 g/mol. The number of carbonyl (C=O) groups excluding carboxylic acids is 2. The molecule has 2 amide bonds. The van der Waals surface area contributed by atoms with Crippen LogP contribution in [0, 0.1) is 6.92 Å². The van der Waals surface area contributed by atoms with Crippen LogP contribution in [0.4, 0.5) is 10.6 Å². The van der Waals surface area contributed by atoms with Gasteiger partial charge in [-0.05, 0) is 75.1 Å². The summed E-state index contributed by atoms with van der Waals surface area (Å²) < 4.78 is 7.32. The molecule has 2 heterocycles. The lowest BCUT2D eigenvalue weighted by Gasteiger charge is -2.31. The Hall–Kier alpha value is -3.32. The molecule has 0 bridgehead atoms. The van der Waals surface area contributed by atoms with Gasteiger partial charge in [-0.25, -0.2) is 4.79 Å². The number of aromatic nitrogens is 2. The molecule has 0 aliphatic carbocycles. The van der Waals surface area contributed by atoms with E-state index in [0.717, 1.165) is 22.4 Å². The quantitative estimate of drug-likeness (QED) is 0.539. The zero-order valence-corrected chi connectivity index (χ0v) is 20.6. The minimum atomic E-state index is -0.529. The third-order valence-corrected chi connectivity index (χ3v) is 5.81. The molecule has 1 aliphatic heterocycles. The van der Waals surface area contributed by atoms with Crippen molar-refractivity contribution in [2.45, 2.75) is 52.8 Å². The number of carbonyl (C=O) groups is 2. The molecule has 1 aromatic heterocycles. The summed E-state index contributed by atoms with van der Waals surface area (Å²) >= 11 is 6.08. The smallest absolute Gasteiger partial charge is 0.410 e. The number of anilines is 1. The highest BCUT2D eigenvalue weighted by Crippen LogP contribution is 2.23. The monoisotopic (exact) mass is 480 g/mol. The highest BCUT2D eigenvalue weighted by Gasteiger charge is 2.26. The Morgan fingerprint density at radius 1 is 1.12 bits per heavy atom. The van der Waals surface area contributed by atoms with Crippen molar-refractivity contribution in [3.8, 4) is 0 Å². The van der Waals surface area contributed by atoms with Crippen LogP contribution >= 0.6 is 11.6 Å². The van der Waals surface area contributed by atoms with Crippen molar-refractivity contribution < 1.29 is 14.3 Å². The summed E-state index contributed by atoms with van der Waals surface area (Å²) in [6, 6.07) is 15.1. The Labute approximate surface area is 204 Å². The van der Waals surface area contributed by atoms with Crippen molar-refractivity contribution in [3.63, 3.8) is 0 Å². The van der Waals surface area contributed by atoms with Crippen molar-refractivity contribution in [1.82, 2.24) is 14.7 Å². The largest absolute Gasteiger partial charge is 0.444 e. The maximum absolute atomic E-state index is 12.9. The van der Waals surface area contributed by atoms with E-state index in [0.29, 0.717) is 42.5 Å². The van der Waals surface area contributed by atoms with Gasteiger partial charge in [0.25, 0.3) is 5.91 Å². The molecule has 3 aromatic rings. The molecule has 7 nitrogen and oxygen atoms in total. The predicted molar refractivity (Wildman–Crippen MR) is 132 cm³/mol. The van der Waals surface area contributed by atoms with Gasteiger partial charge in [0.1, 0.15) is 5.60 Å². The van der Waals surface area contributed by atoms with Crippen molar-refractivity contribution in [2.75, 3.05) is 11.9 Å². The van der Waals surface area contributed by atoms with Crippen LogP contribution in [0.5, 0.6) is 0 Å². The lowest BCUT2D eigenvalue weighted by molar-refractivity contribution is 0.0224. The number of halogens is 1. The first-order chi connectivity index (χ1) is 16.1. The molecule has 8 heteroatoms. The Morgan fingerprint density at radius 2 is 1.91 bits per heavy atom. The molecule has 4 rings (SSSR count). The van der Waals surface area contributed by atoms with Gasteiger partial charge in [-0.1, -0.05) is 29.8 Å². The third-order valence-electron chi connectivity index (χ3n) is 5.58. The first-order valence-electron chi connectivity index (χ1n) is 11.3. The lowest BCUT2D eigenvalue weighted by Crippen LogP contribution is -2.39. The summed E-state index contributed by atoms with van der Waals surface area (Å²) in [7, 11) is 0. The average molecular weight is 481 g/mol. The first-order valence-corrected chi connectivity index (χ1v) is 11.7. The topological polar surface area (TPSA) is 76.5 Å². The van der Waals surface area contributed by atoms with E-state index in [1.807, 2.05) is 74.8 Å². The van der Waals surface area contributed by atoms with E-state index in [1.54, 1.807) is 11.0 Å². The molecule has 1 N–H and O–H groups in total. The molecular formula is C26H29ClN4O3. The van der Waals surface area contributed by atoms with Gasteiger partial charge in [0.15, 0.2) is 5.82 Å². The molecule has 0 atom stereocenters. The van der Waals surface area contributed by atoms with Crippen molar-refractivity contribution in [3.05, 3.63) is 81.5 Å². The second-order valence-corrected chi connectivity index (χ2v) is 9.98. The van der Waals surface area contributed by atoms with Gasteiger partial charge in [0.2, 0.25) is 0 Å². The maximum atomic E-state index is 12.9. The van der Waals surface area contributed by atoms with Crippen LogP contribution in [0.1, 0.15) is 53.5 Å². The molecule has 0 fully saturated rings. The van der Waals surface area contributed by atoms with Gasteiger partial charge in [0, 0.05) is 35.4 Å². The summed E-state index contributed by atoms with van der Waals surface area (Å²) in [6.07, 6.45) is 0.354. The van der Waals surface area contributed by atoms with Crippen LogP contribution in [0.15, 0.2) is 48.5 Å². The maximum Gasteiger partial charge on any atom is 0.410 e. The summed E-state index contributed by atoms with van der Waals surface area (Å²) in [6.45, 7) is 9.11. The van der Waals surface area contributed by atoms with Crippen LogP contribution in [0.25, 0.3) is 0 Å². The number of rotatable bonds is 4. The number of amides is 2. The second kappa shape index (κ2) is 9.50. The van der Waals surface area contributed by atoms with Crippen molar-refractivity contribution >= 4 is 29.4 Å². The lowest BCUT2D eigenvalue weighted by atomic mass is 9.97. The second-order valence-electron chi connectivity index (χ2n) is 9.55. The van der Waals surface area contributed by atoms with Gasteiger partial charge < -0.3 is 15.0 Å². The molecule has 34 heavy (non-hydrogen) atoms. The minimum absolute atomic E-state index is 0.218. The third kappa shape index (κ3) is 5.78. The summed E-state index contributed by atoms with van der Waals surface area (Å²) in [5, 5.41) is 8.10. The molecule has 178 valence electrons. The number of nitrogens with zero attached hydrogens (tertiary/aromatic N) is 3. The van der Waals surface area contributed by atoms with E-state index >= 15 is 0 Å². The van der Waals surface area contributed by atoms with E-state index in [9.17, 15) is 9.59 Å². The normalized spacial score (nSPS) is 13.4. The molecule has 1 aliphatic rings. The number of benzene rings is 2. The molecule has 0 spiro atoms. The zero-order chi connectivity index (χ0) is 24.5. The SMILES string of the molecule is Cc1cc(NC(=O)c2ccc3c(c2)CCN(C(=O)OC(C)(C)C)C3)nn1Cc1cccc(Cl)c1. The predicted octanol–water partition coefficient (Wildman–Crippen LogP) is 5.44. The van der Waals surface area contributed by atoms with E-state index in [-0.39, 0.29) is 12.0 Å². The van der Waals surface area contributed by atoms with Crippen LogP contribution in [-0.4, -0.2) is 38.8 Å². The van der Waals surface area contributed by atoms with Gasteiger partial charge in [-0.15, -0.1) is 0 Å². The van der Waals surface area contributed by atoms with Crippen molar-refractivity contribution in [1.29, 1.82) is 0 Å². The van der Waals surface area contributed by atoms with Gasteiger partial charge in [-0.2, -0.15) is 5.10 Å². The standard InChI is InChI=1S/C26H29ClN4O3/c1-17-12-23(29-31(17)15-18-6-5-7-22(27)13-18)28-24(32)20-8-9-21-16-30(11-10-19(21)14-20)25(33)34-26(2,3)4/h5-9,12-14H,10-11,15-16H2,1-4H3,(H,28,29,32). The molecule has 0 saturated heterocycles. The fraction of sp³-hybridized carbons (Fsp3) is 0.346. The molecule has 0 radical (unpaired) electrons. The first kappa shape index (κ1) is 23.8. The van der Waals surface area contributed by atoms with Crippen molar-refractivity contribution in [2.24, 2.45) is 0 Å². The molecule has 0 saturated carbocycles. The number of aryl methyl sites for hydroxylation is 1. The number of hydrogen-bond acceptors (Lipinski definition) is 4. The number of ether oxygens (including phenoxy) is 1. The van der Waals surface area contributed by atoms with Crippen LogP contribution in [0.2, 0.25) is 5.02 Å². The Kier molecular flexibility index (Phi) is 6.66. The highest BCUT2D eigenvalue weighted by molar-refractivity contribution is 6.30. The van der Waals surface area contributed by atoms with Crippen LogP contribution < -0.4 is 5.32 Å². The highest BCUT2D eigenvalue weighted by atomic mass is 35.5.